The molecule has 3 heterocycles. The van der Waals surface area contributed by atoms with Gasteiger partial charge in [0, 0.05) is 43.6 Å². The van der Waals surface area contributed by atoms with E-state index in [1.807, 2.05) is 53.1 Å². The molecule has 2 N–H and O–H groups in total. The van der Waals surface area contributed by atoms with Crippen LogP contribution < -0.4 is 16.2 Å². The summed E-state index contributed by atoms with van der Waals surface area (Å²) in [5.74, 6) is 0.511. The third-order valence-corrected chi connectivity index (χ3v) is 8.34. The average molecular weight is 607 g/mol. The van der Waals surface area contributed by atoms with Crippen molar-refractivity contribution < 1.29 is 9.32 Å². The average Bonchev–Trinajstić information content (AvgIpc) is 3.32. The van der Waals surface area contributed by atoms with Crippen molar-refractivity contribution >= 4 is 64.1 Å². The quantitative estimate of drug-likeness (QED) is 0.325. The minimum Gasteiger partial charge on any atom is -0.360 e. The Labute approximate surface area is 250 Å². The number of amides is 1. The number of pyridine rings is 1. The number of nitrogens with one attached hydrogen (secondary N) is 2. The predicted octanol–water partition coefficient (Wildman–Crippen LogP) is 5.19. The molecule has 2 aromatic heterocycles. The Morgan fingerprint density at radius 3 is 2.58 bits per heavy atom. The molecular formula is C29H34Cl3N5O3. The summed E-state index contributed by atoms with van der Waals surface area (Å²) in [4.78, 5) is 29.8. The highest BCUT2D eigenvalue weighted by atomic mass is 35.5. The van der Waals surface area contributed by atoms with Crippen LogP contribution in [0.3, 0.4) is 0 Å². The van der Waals surface area contributed by atoms with E-state index in [0.717, 1.165) is 61.9 Å². The molecule has 2 fully saturated rings. The molecule has 11 heteroatoms. The highest BCUT2D eigenvalue weighted by Gasteiger charge is 2.33. The molecule has 3 unspecified atom stereocenters. The van der Waals surface area contributed by atoms with E-state index in [1.54, 1.807) is 6.92 Å². The van der Waals surface area contributed by atoms with Crippen molar-refractivity contribution in [3.63, 3.8) is 0 Å². The third-order valence-electron chi connectivity index (χ3n) is 8.02. The Kier molecular flexibility index (Phi) is 9.80. The van der Waals surface area contributed by atoms with Crippen molar-refractivity contribution in [2.75, 3.05) is 26.2 Å². The molecule has 0 bridgehead atoms. The van der Waals surface area contributed by atoms with Crippen LogP contribution in [0.25, 0.3) is 21.8 Å². The highest BCUT2D eigenvalue weighted by molar-refractivity contribution is 6.37. The molecule has 3 atom stereocenters. The smallest absolute Gasteiger partial charge is 0.264 e. The second kappa shape index (κ2) is 12.9. The van der Waals surface area contributed by atoms with Gasteiger partial charge in [0.05, 0.1) is 10.5 Å². The first kappa shape index (κ1) is 30.3. The van der Waals surface area contributed by atoms with Crippen molar-refractivity contribution in [1.82, 2.24) is 25.3 Å². The van der Waals surface area contributed by atoms with Gasteiger partial charge >= 0.3 is 0 Å². The Hall–Kier alpha value is -2.62. The molecule has 2 aliphatic rings. The van der Waals surface area contributed by atoms with Crippen LogP contribution in [0.4, 0.5) is 0 Å². The fourth-order valence-corrected chi connectivity index (χ4v) is 6.51. The van der Waals surface area contributed by atoms with Crippen molar-refractivity contribution in [1.29, 1.82) is 0 Å². The molecule has 1 saturated heterocycles. The molecule has 1 saturated carbocycles. The Bertz CT molecular complexity index is 1530. The van der Waals surface area contributed by atoms with Crippen molar-refractivity contribution in [2.24, 2.45) is 0 Å². The lowest BCUT2D eigenvalue weighted by molar-refractivity contribution is -0.128. The molecule has 0 radical (unpaired) electrons. The fourth-order valence-electron chi connectivity index (χ4n) is 6.25. The standard InChI is InChI=1S/C29H32ClN5O3.2ClH/c1-18-24-26(33-38-18)25-22(30)11-6-12-23(25)35(29(24)37)21-10-5-9-20(17-21)32-28(36)27(19-7-3-2-4-8-19)34-15-13-31-14-16-34;;/h2-4,6-8,11-12,20-21,27,31H,5,9-10,13-17H2,1H3,(H,32,36);2*1H. The number of aromatic nitrogens is 2. The van der Waals surface area contributed by atoms with E-state index in [0.29, 0.717) is 28.1 Å². The number of carbonyl (C=O) groups excluding carboxylic acids is 1. The number of hydrogen-bond acceptors (Lipinski definition) is 6. The first-order valence-electron chi connectivity index (χ1n) is 13.4. The van der Waals surface area contributed by atoms with Crippen molar-refractivity contribution in [2.45, 2.75) is 50.7 Å². The van der Waals surface area contributed by atoms with Crippen LogP contribution in [0.5, 0.6) is 0 Å². The van der Waals surface area contributed by atoms with Gasteiger partial charge in [-0.2, -0.15) is 0 Å². The number of benzene rings is 2. The topological polar surface area (TPSA) is 92.4 Å². The molecular weight excluding hydrogens is 573 g/mol. The minimum absolute atomic E-state index is 0. The van der Waals surface area contributed by atoms with Crippen LogP contribution in [0.15, 0.2) is 57.8 Å². The summed E-state index contributed by atoms with van der Waals surface area (Å²) < 4.78 is 7.27. The third kappa shape index (κ3) is 5.60. The molecule has 214 valence electrons. The molecule has 8 nitrogen and oxygen atoms in total. The number of piperazine rings is 1. The Balaban J connectivity index is 0.00000185. The summed E-state index contributed by atoms with van der Waals surface area (Å²) in [6.45, 7) is 5.13. The number of carbonyl (C=O) groups is 1. The van der Waals surface area contributed by atoms with E-state index in [9.17, 15) is 9.59 Å². The van der Waals surface area contributed by atoms with Gasteiger partial charge in [0.1, 0.15) is 22.7 Å². The Morgan fingerprint density at radius 1 is 1.07 bits per heavy atom. The van der Waals surface area contributed by atoms with E-state index in [2.05, 4.69) is 20.7 Å². The highest BCUT2D eigenvalue weighted by Crippen LogP contribution is 2.35. The molecule has 1 aliphatic carbocycles. The van der Waals surface area contributed by atoms with Gasteiger partial charge in [-0.25, -0.2) is 0 Å². The van der Waals surface area contributed by atoms with Gasteiger partial charge in [0.15, 0.2) is 0 Å². The molecule has 40 heavy (non-hydrogen) atoms. The van der Waals surface area contributed by atoms with Gasteiger partial charge in [0.2, 0.25) is 5.91 Å². The molecule has 0 spiro atoms. The summed E-state index contributed by atoms with van der Waals surface area (Å²) in [5, 5.41) is 12.6. The zero-order valence-corrected chi connectivity index (χ0v) is 24.7. The van der Waals surface area contributed by atoms with Gasteiger partial charge in [-0.05, 0) is 50.3 Å². The van der Waals surface area contributed by atoms with Crippen LogP contribution in [0, 0.1) is 6.92 Å². The summed E-state index contributed by atoms with van der Waals surface area (Å²) in [7, 11) is 0. The van der Waals surface area contributed by atoms with Gasteiger partial charge in [0.25, 0.3) is 5.56 Å². The van der Waals surface area contributed by atoms with Crippen LogP contribution in [-0.2, 0) is 4.79 Å². The first-order valence-corrected chi connectivity index (χ1v) is 13.8. The lowest BCUT2D eigenvalue weighted by Crippen LogP contribution is -2.51. The van der Waals surface area contributed by atoms with Gasteiger partial charge in [-0.1, -0.05) is 53.2 Å². The Morgan fingerprint density at radius 2 is 1.82 bits per heavy atom. The fraction of sp³-hybridized carbons (Fsp3) is 0.414. The second-order valence-electron chi connectivity index (χ2n) is 10.4. The molecule has 2 aromatic carbocycles. The number of hydrogen-bond donors (Lipinski definition) is 2. The van der Waals surface area contributed by atoms with Gasteiger partial charge < -0.3 is 19.7 Å². The molecule has 6 rings (SSSR count). The zero-order chi connectivity index (χ0) is 26.2. The molecule has 4 aromatic rings. The van der Waals surface area contributed by atoms with E-state index >= 15 is 0 Å². The van der Waals surface area contributed by atoms with E-state index in [4.69, 9.17) is 16.1 Å². The van der Waals surface area contributed by atoms with Crippen LogP contribution in [0.1, 0.15) is 49.1 Å². The van der Waals surface area contributed by atoms with Crippen LogP contribution >= 0.6 is 36.4 Å². The summed E-state index contributed by atoms with van der Waals surface area (Å²) >= 11 is 6.61. The lowest BCUT2D eigenvalue weighted by atomic mass is 9.89. The van der Waals surface area contributed by atoms with Crippen LogP contribution in [-0.4, -0.2) is 52.8 Å². The molecule has 1 amide bonds. The second-order valence-corrected chi connectivity index (χ2v) is 10.8. The van der Waals surface area contributed by atoms with E-state index in [-0.39, 0.29) is 54.4 Å². The van der Waals surface area contributed by atoms with Gasteiger partial charge in [-0.15, -0.1) is 24.8 Å². The van der Waals surface area contributed by atoms with Crippen LogP contribution in [0.2, 0.25) is 5.02 Å². The summed E-state index contributed by atoms with van der Waals surface area (Å²) in [5.41, 5.74) is 2.15. The van der Waals surface area contributed by atoms with Crippen molar-refractivity contribution in [3.8, 4) is 0 Å². The largest absolute Gasteiger partial charge is 0.360 e. The number of aryl methyl sites for hydroxylation is 1. The zero-order valence-electron chi connectivity index (χ0n) is 22.3. The van der Waals surface area contributed by atoms with E-state index in [1.165, 1.54) is 0 Å². The van der Waals surface area contributed by atoms with Gasteiger partial charge in [-0.3, -0.25) is 14.5 Å². The maximum Gasteiger partial charge on any atom is 0.264 e. The minimum atomic E-state index is -0.336. The number of nitrogens with zero attached hydrogens (tertiary/aromatic N) is 3. The number of halogens is 3. The number of fused-ring (bicyclic) bond motifs is 3. The normalized spacial score (nSPS) is 20.4. The number of rotatable bonds is 5. The monoisotopic (exact) mass is 605 g/mol. The first-order chi connectivity index (χ1) is 18.5. The maximum absolute atomic E-state index is 13.8. The predicted molar refractivity (Wildman–Crippen MR) is 163 cm³/mol. The van der Waals surface area contributed by atoms with Crippen molar-refractivity contribution in [3.05, 3.63) is 75.2 Å². The summed E-state index contributed by atoms with van der Waals surface area (Å²) in [6.07, 6.45) is 3.32. The van der Waals surface area contributed by atoms with E-state index < -0.39 is 0 Å². The maximum atomic E-state index is 13.8. The lowest BCUT2D eigenvalue weighted by Gasteiger charge is -2.37. The SMILES string of the molecule is Cc1onc2c1c(=O)n(C1CCCC(NC(=O)C(c3ccccc3)N3CCNCC3)C1)c1cccc(Cl)c21.Cl.Cl. The molecule has 1 aliphatic heterocycles. The summed E-state index contributed by atoms with van der Waals surface area (Å²) in [6, 6.07) is 15.2.